The van der Waals surface area contributed by atoms with Gasteiger partial charge in [-0.15, -0.1) is 11.3 Å². The normalized spacial score (nSPS) is 11.2. The van der Waals surface area contributed by atoms with Gasteiger partial charge in [-0.25, -0.2) is 4.98 Å². The van der Waals surface area contributed by atoms with Crippen molar-refractivity contribution in [1.29, 1.82) is 0 Å². The van der Waals surface area contributed by atoms with Gasteiger partial charge in [-0.05, 0) is 56.0 Å². The van der Waals surface area contributed by atoms with Gasteiger partial charge in [0.25, 0.3) is 0 Å². The van der Waals surface area contributed by atoms with Crippen molar-refractivity contribution in [2.45, 2.75) is 34.1 Å². The van der Waals surface area contributed by atoms with Crippen LogP contribution in [0, 0.1) is 20.8 Å². The molecule has 0 aliphatic rings. The molecule has 0 spiro atoms. The average molecular weight is 448 g/mol. The van der Waals surface area contributed by atoms with Crippen LogP contribution in [0.5, 0.6) is 5.75 Å². The molecule has 1 N–H and O–H groups in total. The molecule has 1 aromatic heterocycles. The quantitative estimate of drug-likeness (QED) is 0.305. The van der Waals surface area contributed by atoms with Crippen LogP contribution in [0.25, 0.3) is 11.3 Å². The number of nitrogens with one attached hydrogen (secondary N) is 1. The molecule has 0 atom stereocenters. The van der Waals surface area contributed by atoms with E-state index in [1.165, 1.54) is 33.6 Å². The Bertz CT molecular complexity index is 1000. The molecule has 3 rings (SSSR count). The monoisotopic (exact) mass is 447 g/mol. The molecule has 0 aliphatic heterocycles. The number of hydrazone groups is 1. The maximum absolute atomic E-state index is 6.28. The van der Waals surface area contributed by atoms with E-state index in [9.17, 15) is 0 Å². The van der Waals surface area contributed by atoms with Crippen LogP contribution in [0.4, 0.5) is 5.13 Å². The molecular formula is C22H23Cl2N3OS. The van der Waals surface area contributed by atoms with Crippen LogP contribution in [0.2, 0.25) is 10.0 Å². The van der Waals surface area contributed by atoms with E-state index in [1.807, 2.05) is 12.3 Å². The summed E-state index contributed by atoms with van der Waals surface area (Å²) >= 11 is 14.1. The van der Waals surface area contributed by atoms with Gasteiger partial charge >= 0.3 is 0 Å². The number of hydrogen-bond donors (Lipinski definition) is 1. The number of ether oxygens (including phenoxy) is 1. The highest BCUT2D eigenvalue weighted by molar-refractivity contribution is 7.14. The SMILES string of the molecule is CCCOc1c(Cl)cc(/C=N\Nc2nc(-c3c(C)cc(C)cc3C)cs2)cc1Cl. The van der Waals surface area contributed by atoms with Gasteiger partial charge in [0, 0.05) is 10.9 Å². The fourth-order valence-electron chi connectivity index (χ4n) is 3.18. The third-order valence-corrected chi connectivity index (χ3v) is 5.59. The van der Waals surface area contributed by atoms with Crippen molar-refractivity contribution >= 4 is 45.9 Å². The predicted octanol–water partition coefficient (Wildman–Crippen LogP) is 7.28. The first-order valence-corrected chi connectivity index (χ1v) is 11.0. The Morgan fingerprint density at radius 1 is 1.10 bits per heavy atom. The Morgan fingerprint density at radius 3 is 2.38 bits per heavy atom. The zero-order valence-electron chi connectivity index (χ0n) is 16.8. The molecule has 0 fully saturated rings. The summed E-state index contributed by atoms with van der Waals surface area (Å²) in [6.45, 7) is 8.93. The molecule has 4 nitrogen and oxygen atoms in total. The summed E-state index contributed by atoms with van der Waals surface area (Å²) in [6.07, 6.45) is 2.54. The van der Waals surface area contributed by atoms with Gasteiger partial charge in [-0.3, -0.25) is 5.43 Å². The lowest BCUT2D eigenvalue weighted by Crippen LogP contribution is -1.97. The second kappa shape index (κ2) is 9.61. The molecule has 1 heterocycles. The van der Waals surface area contributed by atoms with Crippen LogP contribution in [0.3, 0.4) is 0 Å². The first kappa shape index (κ1) is 21.6. The highest BCUT2D eigenvalue weighted by atomic mass is 35.5. The summed E-state index contributed by atoms with van der Waals surface area (Å²) in [5.74, 6) is 0.508. The van der Waals surface area contributed by atoms with Crippen LogP contribution in [0.15, 0.2) is 34.7 Å². The molecule has 2 aromatic carbocycles. The lowest BCUT2D eigenvalue weighted by atomic mass is 9.98. The van der Waals surface area contributed by atoms with Crippen LogP contribution in [0.1, 0.15) is 35.6 Å². The largest absolute Gasteiger partial charge is 0.490 e. The molecule has 0 saturated carbocycles. The highest BCUT2D eigenvalue weighted by Gasteiger charge is 2.11. The van der Waals surface area contributed by atoms with Crippen LogP contribution in [-0.4, -0.2) is 17.8 Å². The maximum Gasteiger partial charge on any atom is 0.203 e. The number of halogens is 2. The van der Waals surface area contributed by atoms with E-state index in [2.05, 4.69) is 48.4 Å². The van der Waals surface area contributed by atoms with Crippen molar-refractivity contribution in [3.63, 3.8) is 0 Å². The molecule has 0 saturated heterocycles. The number of thiazole rings is 1. The number of nitrogens with zero attached hydrogens (tertiary/aromatic N) is 2. The van der Waals surface area contributed by atoms with Gasteiger partial charge in [-0.2, -0.15) is 5.10 Å². The molecule has 0 aliphatic carbocycles. The lowest BCUT2D eigenvalue weighted by molar-refractivity contribution is 0.318. The number of hydrogen-bond acceptors (Lipinski definition) is 5. The second-order valence-corrected chi connectivity index (χ2v) is 8.52. The van der Waals surface area contributed by atoms with E-state index in [-0.39, 0.29) is 0 Å². The number of rotatable bonds is 7. The van der Waals surface area contributed by atoms with E-state index in [4.69, 9.17) is 27.9 Å². The standard InChI is InChI=1S/C22H23Cl2N3OS/c1-5-6-28-21-17(23)9-16(10-18(21)24)11-25-27-22-26-19(12-29-22)20-14(3)7-13(2)8-15(20)4/h7-12H,5-6H2,1-4H3,(H,26,27)/b25-11-. The summed E-state index contributed by atoms with van der Waals surface area (Å²) in [5, 5.41) is 7.96. The molecule has 0 bridgehead atoms. The summed E-state index contributed by atoms with van der Waals surface area (Å²) in [4.78, 5) is 4.67. The zero-order chi connectivity index (χ0) is 21.0. The Hall–Kier alpha value is -2.08. The molecule has 0 radical (unpaired) electrons. The molecule has 0 amide bonds. The van der Waals surface area contributed by atoms with Gasteiger partial charge in [0.15, 0.2) is 5.75 Å². The topological polar surface area (TPSA) is 46.5 Å². The number of aromatic nitrogens is 1. The van der Waals surface area contributed by atoms with Crippen LogP contribution in [-0.2, 0) is 0 Å². The summed E-state index contributed by atoms with van der Waals surface area (Å²) in [6, 6.07) is 7.90. The van der Waals surface area contributed by atoms with Gasteiger partial charge in [0.1, 0.15) is 0 Å². The fourth-order valence-corrected chi connectivity index (χ4v) is 4.45. The molecule has 29 heavy (non-hydrogen) atoms. The molecular weight excluding hydrogens is 425 g/mol. The molecule has 7 heteroatoms. The molecule has 3 aromatic rings. The minimum atomic E-state index is 0.467. The highest BCUT2D eigenvalue weighted by Crippen LogP contribution is 2.34. The third-order valence-electron chi connectivity index (χ3n) is 4.28. The van der Waals surface area contributed by atoms with Crippen molar-refractivity contribution < 1.29 is 4.74 Å². The Morgan fingerprint density at radius 2 is 1.76 bits per heavy atom. The van der Waals surface area contributed by atoms with Crippen molar-refractivity contribution in [2.24, 2.45) is 5.10 Å². The summed E-state index contributed by atoms with van der Waals surface area (Å²) in [5.41, 5.74) is 9.57. The molecule has 152 valence electrons. The maximum atomic E-state index is 6.28. The first-order valence-electron chi connectivity index (χ1n) is 9.33. The van der Waals surface area contributed by atoms with E-state index >= 15 is 0 Å². The van der Waals surface area contributed by atoms with Crippen molar-refractivity contribution in [3.8, 4) is 17.0 Å². The van der Waals surface area contributed by atoms with Gasteiger partial charge in [0.05, 0.1) is 28.6 Å². The average Bonchev–Trinajstić information content (AvgIpc) is 3.08. The Labute approximate surface area is 185 Å². The zero-order valence-corrected chi connectivity index (χ0v) is 19.2. The Kier molecular flexibility index (Phi) is 7.17. The minimum absolute atomic E-state index is 0.467. The summed E-state index contributed by atoms with van der Waals surface area (Å²) < 4.78 is 5.58. The van der Waals surface area contributed by atoms with Crippen molar-refractivity contribution in [2.75, 3.05) is 12.0 Å². The second-order valence-electron chi connectivity index (χ2n) is 6.84. The van der Waals surface area contributed by atoms with Crippen LogP contribution >= 0.6 is 34.5 Å². The minimum Gasteiger partial charge on any atom is -0.490 e. The van der Waals surface area contributed by atoms with Gasteiger partial charge < -0.3 is 4.74 Å². The van der Waals surface area contributed by atoms with E-state index in [0.29, 0.717) is 22.4 Å². The number of aryl methyl sites for hydroxylation is 3. The number of anilines is 1. The smallest absolute Gasteiger partial charge is 0.203 e. The van der Waals surface area contributed by atoms with Crippen molar-refractivity contribution in [1.82, 2.24) is 4.98 Å². The fraction of sp³-hybridized carbons (Fsp3) is 0.273. The van der Waals surface area contributed by atoms with E-state index in [0.717, 1.165) is 22.8 Å². The number of benzene rings is 2. The first-order chi connectivity index (χ1) is 13.9. The van der Waals surface area contributed by atoms with E-state index in [1.54, 1.807) is 18.3 Å². The van der Waals surface area contributed by atoms with Crippen LogP contribution < -0.4 is 10.2 Å². The predicted molar refractivity (Wildman–Crippen MR) is 125 cm³/mol. The van der Waals surface area contributed by atoms with Gasteiger partial charge in [-0.1, -0.05) is 47.8 Å². The summed E-state index contributed by atoms with van der Waals surface area (Å²) in [7, 11) is 0. The Balaban J connectivity index is 1.72. The lowest BCUT2D eigenvalue weighted by Gasteiger charge is -2.09. The van der Waals surface area contributed by atoms with Crippen molar-refractivity contribution in [3.05, 3.63) is 61.9 Å². The molecule has 0 unspecified atom stereocenters. The third kappa shape index (κ3) is 5.30. The van der Waals surface area contributed by atoms with Gasteiger partial charge in [0.2, 0.25) is 5.13 Å². The van der Waals surface area contributed by atoms with E-state index < -0.39 is 0 Å².